The van der Waals surface area contributed by atoms with Crippen LogP contribution in [0.5, 0.6) is 0 Å². The van der Waals surface area contributed by atoms with E-state index >= 15 is 0 Å². The van der Waals surface area contributed by atoms with Crippen LogP contribution in [-0.2, 0) is 4.74 Å². The van der Waals surface area contributed by atoms with E-state index in [1.165, 1.54) is 11.8 Å². The highest BCUT2D eigenvalue weighted by molar-refractivity contribution is 7.99. The highest BCUT2D eigenvalue weighted by Crippen LogP contribution is 2.24. The smallest absolute Gasteiger partial charge is 0.188 e. The Kier molecular flexibility index (Phi) is 6.41. The summed E-state index contributed by atoms with van der Waals surface area (Å²) in [7, 11) is 1.69. The summed E-state index contributed by atoms with van der Waals surface area (Å²) >= 11 is 1.40. The van der Waals surface area contributed by atoms with Gasteiger partial charge in [0.25, 0.3) is 0 Å². The largest absolute Gasteiger partial charge is 0.383 e. The molecule has 0 radical (unpaired) electrons. The molecular weight excluding hydrogens is 334 g/mol. The van der Waals surface area contributed by atoms with Crippen molar-refractivity contribution in [2.24, 2.45) is 0 Å². The average Bonchev–Trinajstić information content (AvgIpc) is 2.85. The van der Waals surface area contributed by atoms with Gasteiger partial charge >= 0.3 is 0 Å². The number of hydrogen-bond acceptors (Lipinski definition) is 5. The number of ketones is 1. The van der Waals surface area contributed by atoms with Crippen LogP contribution in [0.25, 0.3) is 0 Å². The van der Waals surface area contributed by atoms with Gasteiger partial charge in [-0.25, -0.2) is 9.97 Å². The lowest BCUT2D eigenvalue weighted by atomic mass is 10.2. The van der Waals surface area contributed by atoms with Crippen LogP contribution in [-0.4, -0.2) is 39.8 Å². The number of hydrogen-bond donors (Lipinski definition) is 0. The second-order valence-electron chi connectivity index (χ2n) is 6.47. The lowest BCUT2D eigenvalue weighted by Gasteiger charge is -2.17. The van der Waals surface area contributed by atoms with E-state index in [1.807, 2.05) is 40.7 Å². The fraction of sp³-hybridized carbons (Fsp3) is 0.526. The number of carbonyl (C=O) groups is 1. The molecule has 2 aromatic rings. The van der Waals surface area contributed by atoms with Gasteiger partial charge in [0.15, 0.2) is 10.9 Å². The predicted octanol–water partition coefficient (Wildman–Crippen LogP) is 4.00. The number of ether oxygens (including phenoxy) is 1. The number of aromatic nitrogens is 3. The molecular formula is C19H27N3O2S. The minimum atomic E-state index is 0.105. The van der Waals surface area contributed by atoms with Crippen LogP contribution < -0.4 is 0 Å². The van der Waals surface area contributed by atoms with Crippen molar-refractivity contribution in [2.75, 3.05) is 19.5 Å². The van der Waals surface area contributed by atoms with Crippen molar-refractivity contribution in [1.29, 1.82) is 0 Å². The molecule has 0 saturated carbocycles. The van der Waals surface area contributed by atoms with E-state index in [4.69, 9.17) is 4.74 Å². The van der Waals surface area contributed by atoms with Gasteiger partial charge in [-0.3, -0.25) is 4.79 Å². The molecule has 0 aliphatic heterocycles. The van der Waals surface area contributed by atoms with Crippen molar-refractivity contribution >= 4 is 17.5 Å². The molecule has 0 bridgehead atoms. The Morgan fingerprint density at radius 1 is 1.20 bits per heavy atom. The molecule has 2 aromatic heterocycles. The molecule has 0 saturated heterocycles. The lowest BCUT2D eigenvalue weighted by molar-refractivity contribution is 0.102. The van der Waals surface area contributed by atoms with Gasteiger partial charge in [-0.2, -0.15) is 0 Å². The van der Waals surface area contributed by atoms with Crippen molar-refractivity contribution in [3.05, 3.63) is 40.0 Å². The minimum absolute atomic E-state index is 0.105. The topological polar surface area (TPSA) is 57.0 Å². The van der Waals surface area contributed by atoms with Gasteiger partial charge in [0.05, 0.1) is 18.4 Å². The van der Waals surface area contributed by atoms with Crippen LogP contribution in [0.1, 0.15) is 51.7 Å². The van der Waals surface area contributed by atoms with Crippen LogP contribution in [0.3, 0.4) is 0 Å². The van der Waals surface area contributed by atoms with Crippen molar-refractivity contribution in [3.8, 4) is 0 Å². The zero-order chi connectivity index (χ0) is 18.7. The van der Waals surface area contributed by atoms with Crippen molar-refractivity contribution < 1.29 is 9.53 Å². The third-order valence-electron chi connectivity index (χ3n) is 4.58. The van der Waals surface area contributed by atoms with Crippen molar-refractivity contribution in [2.45, 2.75) is 52.7 Å². The van der Waals surface area contributed by atoms with Crippen LogP contribution in [0.4, 0.5) is 0 Å². The Morgan fingerprint density at radius 2 is 1.80 bits per heavy atom. The fourth-order valence-electron chi connectivity index (χ4n) is 3.07. The van der Waals surface area contributed by atoms with Gasteiger partial charge in [-0.05, 0) is 53.2 Å². The molecule has 2 rings (SSSR count). The van der Waals surface area contributed by atoms with Gasteiger partial charge < -0.3 is 9.30 Å². The molecule has 0 aliphatic carbocycles. The Morgan fingerprint density at radius 3 is 2.36 bits per heavy atom. The first kappa shape index (κ1) is 19.7. The SMILES string of the molecule is COC[C@H](C)n1c(C)cc(C(=O)CSc2nc(C)c(C)c(C)n2)c1C. The van der Waals surface area contributed by atoms with Crippen molar-refractivity contribution in [3.63, 3.8) is 0 Å². The molecule has 0 aliphatic rings. The Bertz CT molecular complexity index is 760. The summed E-state index contributed by atoms with van der Waals surface area (Å²) in [5, 5.41) is 0.663. The maximum absolute atomic E-state index is 12.7. The third kappa shape index (κ3) is 4.30. The first-order valence-electron chi connectivity index (χ1n) is 8.41. The molecule has 0 fully saturated rings. The van der Waals surface area contributed by atoms with E-state index in [0.717, 1.165) is 33.9 Å². The van der Waals surface area contributed by atoms with Gasteiger partial charge in [0.1, 0.15) is 0 Å². The molecule has 5 nitrogen and oxygen atoms in total. The van der Waals surface area contributed by atoms with Crippen molar-refractivity contribution in [1.82, 2.24) is 14.5 Å². The Labute approximate surface area is 154 Å². The van der Waals surface area contributed by atoms with Gasteiger partial charge in [0, 0.05) is 35.4 Å². The standard InChI is InChI=1S/C19H27N3O2S/c1-11-8-17(16(6)22(11)12(2)9-24-7)18(23)10-25-19-20-14(4)13(3)15(5)21-19/h8,12H,9-10H2,1-7H3/t12-/m0/s1. The Hall–Kier alpha value is -1.66. The summed E-state index contributed by atoms with van der Waals surface area (Å²) in [6, 6.07) is 2.17. The minimum Gasteiger partial charge on any atom is -0.383 e. The highest BCUT2D eigenvalue weighted by Gasteiger charge is 2.19. The fourth-order valence-corrected chi connectivity index (χ4v) is 3.89. The second kappa shape index (κ2) is 8.15. The number of nitrogens with zero attached hydrogens (tertiary/aromatic N) is 3. The van der Waals surface area contributed by atoms with Gasteiger partial charge in [0.2, 0.25) is 0 Å². The van der Waals surface area contributed by atoms with E-state index in [9.17, 15) is 4.79 Å². The summed E-state index contributed by atoms with van der Waals surface area (Å²) in [5.74, 6) is 0.443. The van der Waals surface area contributed by atoms with Gasteiger partial charge in [-0.15, -0.1) is 0 Å². The summed E-state index contributed by atoms with van der Waals surface area (Å²) in [4.78, 5) is 21.7. The lowest BCUT2D eigenvalue weighted by Crippen LogP contribution is -2.14. The van der Waals surface area contributed by atoms with Gasteiger partial charge in [-0.1, -0.05) is 11.8 Å². The molecule has 25 heavy (non-hydrogen) atoms. The molecule has 2 heterocycles. The summed E-state index contributed by atoms with van der Waals surface area (Å²) < 4.78 is 7.41. The molecule has 0 amide bonds. The monoisotopic (exact) mass is 361 g/mol. The predicted molar refractivity (Wildman–Crippen MR) is 102 cm³/mol. The number of Topliss-reactive ketones (excluding diaryl/α,β-unsaturated/α-hetero) is 1. The van der Waals surface area contributed by atoms with Crippen LogP contribution in [0, 0.1) is 34.6 Å². The van der Waals surface area contributed by atoms with Crippen LogP contribution in [0.15, 0.2) is 11.2 Å². The number of aryl methyl sites for hydroxylation is 3. The maximum Gasteiger partial charge on any atom is 0.188 e. The Balaban J connectivity index is 2.15. The first-order chi connectivity index (χ1) is 11.8. The van der Waals surface area contributed by atoms with E-state index < -0.39 is 0 Å². The summed E-state index contributed by atoms with van der Waals surface area (Å²) in [5.41, 5.74) is 5.88. The molecule has 0 spiro atoms. The molecule has 6 heteroatoms. The van der Waals surface area contributed by atoms with E-state index in [0.29, 0.717) is 17.5 Å². The zero-order valence-corrected chi connectivity index (χ0v) is 17.0. The van der Waals surface area contributed by atoms with E-state index in [1.54, 1.807) is 7.11 Å². The quantitative estimate of drug-likeness (QED) is 0.424. The zero-order valence-electron chi connectivity index (χ0n) is 16.1. The average molecular weight is 362 g/mol. The number of carbonyl (C=O) groups excluding carboxylic acids is 1. The van der Waals surface area contributed by atoms with Crippen LogP contribution in [0.2, 0.25) is 0 Å². The molecule has 1 atom stereocenters. The summed E-state index contributed by atoms with van der Waals surface area (Å²) in [6.07, 6.45) is 0. The number of thioether (sulfide) groups is 1. The highest BCUT2D eigenvalue weighted by atomic mass is 32.2. The second-order valence-corrected chi connectivity index (χ2v) is 7.42. The normalized spacial score (nSPS) is 12.4. The molecule has 136 valence electrons. The van der Waals surface area contributed by atoms with Crippen LogP contribution >= 0.6 is 11.8 Å². The maximum atomic E-state index is 12.7. The number of methoxy groups -OCH3 is 1. The van der Waals surface area contributed by atoms with E-state index in [-0.39, 0.29) is 11.8 Å². The molecule has 0 N–H and O–H groups in total. The number of rotatable bonds is 7. The molecule has 0 unspecified atom stereocenters. The third-order valence-corrected chi connectivity index (χ3v) is 5.43. The first-order valence-corrected chi connectivity index (χ1v) is 9.40. The van der Waals surface area contributed by atoms with E-state index in [2.05, 4.69) is 21.5 Å². The summed E-state index contributed by atoms with van der Waals surface area (Å²) in [6.45, 7) is 12.7. The molecule has 0 aromatic carbocycles.